The van der Waals surface area contributed by atoms with Crippen molar-refractivity contribution < 1.29 is 19.2 Å². The summed E-state index contributed by atoms with van der Waals surface area (Å²) in [5, 5.41) is 15.5. The molecule has 0 saturated heterocycles. The van der Waals surface area contributed by atoms with Gasteiger partial charge in [0.15, 0.2) is 0 Å². The molecule has 0 aliphatic carbocycles. The van der Waals surface area contributed by atoms with Gasteiger partial charge >= 0.3 is 5.97 Å². The van der Waals surface area contributed by atoms with Crippen LogP contribution in [0.25, 0.3) is 0 Å². The molecule has 116 valence electrons. The summed E-state index contributed by atoms with van der Waals surface area (Å²) in [5.74, 6) is -0.423. The molecule has 6 nitrogen and oxygen atoms in total. The minimum Gasteiger partial charge on any atom is -0.478 e. The van der Waals surface area contributed by atoms with Crippen molar-refractivity contribution in [1.29, 1.82) is 0 Å². The third-order valence-corrected chi connectivity index (χ3v) is 3.49. The van der Waals surface area contributed by atoms with Gasteiger partial charge in [0.2, 0.25) is 5.91 Å². The van der Waals surface area contributed by atoms with Crippen molar-refractivity contribution >= 4 is 17.6 Å². The van der Waals surface area contributed by atoms with E-state index in [1.54, 1.807) is 12.1 Å². The number of aromatic nitrogens is 1. The number of carbonyl (C=O) groups excluding carboxylic acids is 1. The smallest absolute Gasteiger partial charge is 0.335 e. The first-order chi connectivity index (χ1) is 10.4. The molecule has 0 radical (unpaired) electrons. The Morgan fingerprint density at radius 3 is 2.41 bits per heavy atom. The van der Waals surface area contributed by atoms with Crippen LogP contribution in [0, 0.1) is 13.8 Å². The zero-order valence-corrected chi connectivity index (χ0v) is 12.7. The Labute approximate surface area is 128 Å². The van der Waals surface area contributed by atoms with Crippen LogP contribution in [0.1, 0.15) is 46.6 Å². The highest BCUT2D eigenvalue weighted by Gasteiger charge is 2.19. The monoisotopic (exact) mass is 302 g/mol. The quantitative estimate of drug-likeness (QED) is 0.885. The molecule has 0 aliphatic heterocycles. The molecule has 0 aliphatic rings. The topological polar surface area (TPSA) is 92.4 Å². The summed E-state index contributed by atoms with van der Waals surface area (Å²) >= 11 is 0. The molecule has 1 amide bonds. The molecule has 0 bridgehead atoms. The molecule has 2 rings (SSSR count). The maximum Gasteiger partial charge on any atom is 0.335 e. The summed E-state index contributed by atoms with van der Waals surface area (Å²) in [6.07, 6.45) is 0.295. The van der Waals surface area contributed by atoms with Crippen LogP contribution >= 0.6 is 0 Å². The number of hydrogen-bond donors (Lipinski definition) is 2. The molecule has 1 atom stereocenters. The minimum atomic E-state index is -0.995. The van der Waals surface area contributed by atoms with Gasteiger partial charge in [0.1, 0.15) is 5.76 Å². The van der Waals surface area contributed by atoms with E-state index in [0.717, 1.165) is 17.0 Å². The predicted molar refractivity (Wildman–Crippen MR) is 81.0 cm³/mol. The Morgan fingerprint density at radius 2 is 1.91 bits per heavy atom. The average molecular weight is 302 g/mol. The highest BCUT2D eigenvalue weighted by Crippen LogP contribution is 2.26. The molecular weight excluding hydrogens is 284 g/mol. The summed E-state index contributed by atoms with van der Waals surface area (Å²) < 4.78 is 5.11. The number of carboxylic acids is 1. The van der Waals surface area contributed by atoms with Gasteiger partial charge in [0, 0.05) is 17.7 Å². The van der Waals surface area contributed by atoms with Gasteiger partial charge in [-0.05, 0) is 44.0 Å². The number of amides is 1. The Bertz CT molecular complexity index is 669. The first kappa shape index (κ1) is 15.8. The van der Waals surface area contributed by atoms with E-state index in [0.29, 0.717) is 12.1 Å². The van der Waals surface area contributed by atoms with Gasteiger partial charge < -0.3 is 14.9 Å². The second kappa shape index (κ2) is 6.43. The SMILES string of the molecule is Cc1noc(C)c1C(C)CC(=O)Nc1ccc(C(=O)O)cc1. The van der Waals surface area contributed by atoms with Crippen LogP contribution in [-0.4, -0.2) is 22.1 Å². The van der Waals surface area contributed by atoms with Crippen LogP contribution in [-0.2, 0) is 4.79 Å². The fraction of sp³-hybridized carbons (Fsp3) is 0.312. The minimum absolute atomic E-state index is 0.00968. The van der Waals surface area contributed by atoms with Crippen molar-refractivity contribution in [3.05, 3.63) is 46.8 Å². The zero-order valence-electron chi connectivity index (χ0n) is 12.7. The van der Waals surface area contributed by atoms with Crippen molar-refractivity contribution in [2.75, 3.05) is 5.32 Å². The maximum absolute atomic E-state index is 12.1. The van der Waals surface area contributed by atoms with Crippen LogP contribution in [0.4, 0.5) is 5.69 Å². The summed E-state index contributed by atoms with van der Waals surface area (Å²) in [7, 11) is 0. The highest BCUT2D eigenvalue weighted by atomic mass is 16.5. The first-order valence-electron chi connectivity index (χ1n) is 6.94. The van der Waals surface area contributed by atoms with Crippen LogP contribution in [0.5, 0.6) is 0 Å². The Balaban J connectivity index is 1.99. The van der Waals surface area contributed by atoms with Crippen LogP contribution in [0.3, 0.4) is 0 Å². The van der Waals surface area contributed by atoms with E-state index in [4.69, 9.17) is 9.63 Å². The highest BCUT2D eigenvalue weighted by molar-refractivity contribution is 5.92. The maximum atomic E-state index is 12.1. The third-order valence-electron chi connectivity index (χ3n) is 3.49. The molecule has 22 heavy (non-hydrogen) atoms. The molecule has 1 aromatic carbocycles. The van der Waals surface area contributed by atoms with Crippen molar-refractivity contribution in [1.82, 2.24) is 5.16 Å². The number of nitrogens with one attached hydrogen (secondary N) is 1. The van der Waals surface area contributed by atoms with Crippen molar-refractivity contribution in [2.24, 2.45) is 0 Å². The predicted octanol–water partition coefficient (Wildman–Crippen LogP) is 3.12. The van der Waals surface area contributed by atoms with Gasteiger partial charge in [0.25, 0.3) is 0 Å². The Hall–Kier alpha value is -2.63. The number of rotatable bonds is 5. The number of carboxylic acid groups (broad SMARTS) is 1. The number of benzene rings is 1. The van der Waals surface area contributed by atoms with E-state index >= 15 is 0 Å². The Kier molecular flexibility index (Phi) is 4.60. The molecule has 0 saturated carbocycles. The number of nitrogens with zero attached hydrogens (tertiary/aromatic N) is 1. The Morgan fingerprint density at radius 1 is 1.27 bits per heavy atom. The fourth-order valence-electron chi connectivity index (χ4n) is 2.48. The average Bonchev–Trinajstić information content (AvgIpc) is 2.78. The first-order valence-corrected chi connectivity index (χ1v) is 6.94. The van der Waals surface area contributed by atoms with Crippen LogP contribution < -0.4 is 5.32 Å². The number of anilines is 1. The zero-order chi connectivity index (χ0) is 16.3. The molecular formula is C16H18N2O4. The van der Waals surface area contributed by atoms with Gasteiger partial charge in [-0.3, -0.25) is 4.79 Å². The van der Waals surface area contributed by atoms with Gasteiger partial charge in [0.05, 0.1) is 11.3 Å². The molecule has 0 fully saturated rings. The van der Waals surface area contributed by atoms with Gasteiger partial charge in [-0.1, -0.05) is 12.1 Å². The third kappa shape index (κ3) is 3.52. The molecule has 2 aromatic rings. The fourth-order valence-corrected chi connectivity index (χ4v) is 2.48. The lowest BCUT2D eigenvalue weighted by atomic mass is 9.96. The summed E-state index contributed by atoms with van der Waals surface area (Å²) in [6, 6.07) is 6.05. The van der Waals surface area contributed by atoms with Crippen molar-refractivity contribution in [3.63, 3.8) is 0 Å². The molecule has 2 N–H and O–H groups in total. The lowest BCUT2D eigenvalue weighted by Gasteiger charge is -2.11. The summed E-state index contributed by atoms with van der Waals surface area (Å²) in [4.78, 5) is 22.9. The standard InChI is InChI=1S/C16H18N2O4/c1-9(15-10(2)18-22-11(15)3)8-14(19)17-13-6-4-12(5-7-13)16(20)21/h4-7,9H,8H2,1-3H3,(H,17,19)(H,20,21). The molecule has 6 heteroatoms. The van der Waals surface area contributed by atoms with Crippen molar-refractivity contribution in [3.8, 4) is 0 Å². The molecule has 1 unspecified atom stereocenters. The molecule has 1 aromatic heterocycles. The van der Waals surface area contributed by atoms with E-state index in [-0.39, 0.29) is 17.4 Å². The lowest BCUT2D eigenvalue weighted by Crippen LogP contribution is -2.15. The lowest BCUT2D eigenvalue weighted by molar-refractivity contribution is -0.116. The number of hydrogen-bond acceptors (Lipinski definition) is 4. The second-order valence-corrected chi connectivity index (χ2v) is 5.27. The van der Waals surface area contributed by atoms with Crippen LogP contribution in [0.2, 0.25) is 0 Å². The number of carbonyl (C=O) groups is 2. The van der Waals surface area contributed by atoms with Gasteiger partial charge in [-0.2, -0.15) is 0 Å². The summed E-state index contributed by atoms with van der Waals surface area (Å²) in [6.45, 7) is 5.62. The van der Waals surface area contributed by atoms with Gasteiger partial charge in [-0.15, -0.1) is 0 Å². The van der Waals surface area contributed by atoms with Crippen LogP contribution in [0.15, 0.2) is 28.8 Å². The van der Waals surface area contributed by atoms with E-state index in [2.05, 4.69) is 10.5 Å². The second-order valence-electron chi connectivity index (χ2n) is 5.27. The normalized spacial score (nSPS) is 12.0. The largest absolute Gasteiger partial charge is 0.478 e. The summed E-state index contributed by atoms with van der Waals surface area (Å²) in [5.41, 5.74) is 2.50. The molecule has 0 spiro atoms. The van der Waals surface area contributed by atoms with E-state index in [1.165, 1.54) is 12.1 Å². The van der Waals surface area contributed by atoms with Crippen molar-refractivity contribution in [2.45, 2.75) is 33.1 Å². The number of aryl methyl sites for hydroxylation is 2. The van der Waals surface area contributed by atoms with Gasteiger partial charge in [-0.25, -0.2) is 4.79 Å². The molecule has 1 heterocycles. The van der Waals surface area contributed by atoms with E-state index in [1.807, 2.05) is 20.8 Å². The van der Waals surface area contributed by atoms with E-state index < -0.39 is 5.97 Å². The number of aromatic carboxylic acids is 1. The van der Waals surface area contributed by atoms with E-state index in [9.17, 15) is 9.59 Å².